The number of carbonyl (C=O) groups excluding carboxylic acids is 2. The van der Waals surface area contributed by atoms with Crippen LogP contribution in [0.25, 0.3) is 39.0 Å². The maximum Gasteiger partial charge on any atom is 0.251 e. The molecule has 19 heteroatoms. The number of halogens is 3. The Labute approximate surface area is 355 Å². The van der Waals surface area contributed by atoms with E-state index in [1.54, 1.807) is 24.0 Å². The molecule has 0 spiro atoms. The summed E-state index contributed by atoms with van der Waals surface area (Å²) in [5, 5.41) is 11.9. The zero-order valence-electron chi connectivity index (χ0n) is 34.4. The number of likely N-dealkylation sites (N-methyl/N-ethyl adjacent to an activating group) is 1. The number of benzene rings is 2. The van der Waals surface area contributed by atoms with Gasteiger partial charge in [0.2, 0.25) is 11.9 Å². The summed E-state index contributed by atoms with van der Waals surface area (Å²) in [4.78, 5) is 52.9. The van der Waals surface area contributed by atoms with Gasteiger partial charge in [-0.3, -0.25) is 9.59 Å². The van der Waals surface area contributed by atoms with E-state index in [-0.39, 0.29) is 55.7 Å². The minimum Gasteiger partial charge on any atom is -0.378 e. The Morgan fingerprint density at radius 3 is 2.65 bits per heavy atom. The predicted molar refractivity (Wildman–Crippen MR) is 226 cm³/mol. The summed E-state index contributed by atoms with van der Waals surface area (Å²) in [7, 11) is 3.33. The van der Waals surface area contributed by atoms with Gasteiger partial charge in [0.1, 0.15) is 46.9 Å². The van der Waals surface area contributed by atoms with Gasteiger partial charge in [-0.25, -0.2) is 27.8 Å². The van der Waals surface area contributed by atoms with Crippen molar-refractivity contribution in [1.82, 2.24) is 44.1 Å². The number of aromatic nitrogens is 7. The van der Waals surface area contributed by atoms with E-state index in [1.165, 1.54) is 29.1 Å². The number of hydrogen-bond acceptors (Lipinski definition) is 12. The fourth-order valence-corrected chi connectivity index (χ4v) is 9.23. The lowest BCUT2D eigenvalue weighted by Gasteiger charge is -2.37. The molecule has 5 atom stereocenters. The van der Waals surface area contributed by atoms with Gasteiger partial charge in [0, 0.05) is 78.0 Å². The van der Waals surface area contributed by atoms with Crippen LogP contribution in [0, 0.1) is 24.4 Å². The Morgan fingerprint density at radius 1 is 1.00 bits per heavy atom. The highest BCUT2D eigenvalue weighted by Gasteiger charge is 2.41. The van der Waals surface area contributed by atoms with E-state index in [9.17, 15) is 14.0 Å². The molecule has 2 unspecified atom stereocenters. The van der Waals surface area contributed by atoms with E-state index < -0.39 is 35.7 Å². The summed E-state index contributed by atoms with van der Waals surface area (Å²) in [6, 6.07) is 10.3. The lowest BCUT2D eigenvalue weighted by molar-refractivity contribution is -0.157. The minimum atomic E-state index is -0.836. The Kier molecular flexibility index (Phi) is 10.2. The van der Waals surface area contributed by atoms with Crippen LogP contribution in [0.2, 0.25) is 0 Å². The molecule has 3 saturated heterocycles. The van der Waals surface area contributed by atoms with Crippen LogP contribution >= 0.6 is 0 Å². The van der Waals surface area contributed by atoms with Crippen molar-refractivity contribution in [3.8, 4) is 16.9 Å². The van der Waals surface area contributed by atoms with Crippen LogP contribution in [0.4, 0.5) is 30.8 Å². The Bertz CT molecular complexity index is 2730. The molecule has 0 aliphatic carbocycles. The summed E-state index contributed by atoms with van der Waals surface area (Å²) < 4.78 is 59.5. The van der Waals surface area contributed by atoms with Crippen molar-refractivity contribution < 1.29 is 33.7 Å². The molecule has 4 bridgehead atoms. The quantitative estimate of drug-likeness (QED) is 0.233. The summed E-state index contributed by atoms with van der Waals surface area (Å²) >= 11 is 0. The first kappa shape index (κ1) is 39.8. The van der Waals surface area contributed by atoms with E-state index in [2.05, 4.69) is 20.7 Å². The van der Waals surface area contributed by atoms with Gasteiger partial charge in [0.25, 0.3) is 5.91 Å². The van der Waals surface area contributed by atoms with Crippen LogP contribution < -0.4 is 15.5 Å². The lowest BCUT2D eigenvalue weighted by atomic mass is 10.0. The number of aryl methyl sites for hydroxylation is 1. The monoisotopic (exact) mass is 852 g/mol. The van der Waals surface area contributed by atoms with E-state index in [0.29, 0.717) is 84.2 Å². The van der Waals surface area contributed by atoms with Crippen LogP contribution in [-0.2, 0) is 25.6 Å². The van der Waals surface area contributed by atoms with Crippen LogP contribution in [0.3, 0.4) is 0 Å². The molecule has 0 saturated carbocycles. The van der Waals surface area contributed by atoms with Crippen LogP contribution in [0.15, 0.2) is 54.7 Å². The van der Waals surface area contributed by atoms with Gasteiger partial charge >= 0.3 is 0 Å². The molecule has 3 fully saturated rings. The molecule has 10 rings (SSSR count). The number of hydrogen-bond donors (Lipinski definition) is 2. The first-order valence-electron chi connectivity index (χ1n) is 20.8. The molecule has 2 N–H and O–H groups in total. The second-order valence-corrected chi connectivity index (χ2v) is 16.5. The molecule has 324 valence electrons. The predicted octanol–water partition coefficient (Wildman–Crippen LogP) is 4.94. The number of pyridine rings is 1. The minimum absolute atomic E-state index is 0. The third-order valence-corrected chi connectivity index (χ3v) is 12.4. The third-order valence-electron chi connectivity index (χ3n) is 12.4. The maximum atomic E-state index is 15.4. The average molecular weight is 853 g/mol. The average Bonchev–Trinajstić information content (AvgIpc) is 3.94. The van der Waals surface area contributed by atoms with Gasteiger partial charge < -0.3 is 39.4 Å². The molecule has 62 heavy (non-hydrogen) atoms. The highest BCUT2D eigenvalue weighted by Crippen LogP contribution is 2.36. The smallest absolute Gasteiger partial charge is 0.251 e. The first-order chi connectivity index (χ1) is 30.0. The number of amides is 2. The Hall–Kier alpha value is -6.34. The number of anilines is 3. The standard InChI is InChI=1S/C43H45F3N12O4.H2/c1-23-48-33-16-25(45)14-29-32-7-4-8-37(51-32)49-27-17-35(41(59)54(2)21-28(61-3)22-56(23)38(29)33)57(20-27)39-30-18-47-58(34-10-9-24(44)15-31(34)46)40(30)53-43(52-39)50-26-6-5-12-55(19-26)42(60)36-11-13-62-36;/h4,7-10,14-16,18,26-28,35-36H,5-6,11-13,17,19-22H2,1-3H3,(H,49,51)(H,50,52,53);1H/t26?,27-,28-,35-,36?;/m0./s1. The number of methoxy groups -OCH3 is 1. The van der Waals surface area contributed by atoms with E-state index in [1.807, 2.05) is 34.6 Å². The molecule has 16 nitrogen and oxygen atoms in total. The summed E-state index contributed by atoms with van der Waals surface area (Å²) in [6.07, 6.45) is 3.12. The van der Waals surface area contributed by atoms with Gasteiger partial charge in [-0.2, -0.15) is 15.1 Å². The highest BCUT2D eigenvalue weighted by molar-refractivity contribution is 5.94. The Morgan fingerprint density at radius 2 is 1.85 bits per heavy atom. The number of carbonyl (C=O) groups is 2. The Balaban J connectivity index is 0.00000504. The molecule has 2 aromatic carbocycles. The SMILES string of the molecule is CO[C@H]1CN(C)C(=O)[C@@H]2C[C@@H](CN2c2nc(NC3CCCN(C(=O)C4CCO4)C3)nc3c2cnn3-c2ccc(F)cc2F)Nc2cccc(n2)-c2cc(F)cc3nc(C)n(c23)C1.[HH]. The largest absolute Gasteiger partial charge is 0.378 e. The highest BCUT2D eigenvalue weighted by atomic mass is 19.1. The van der Waals surface area contributed by atoms with Gasteiger partial charge in [0.15, 0.2) is 11.5 Å². The van der Waals surface area contributed by atoms with E-state index in [4.69, 9.17) is 24.4 Å². The fourth-order valence-electron chi connectivity index (χ4n) is 9.23. The second kappa shape index (κ2) is 15.8. The molecule has 2 amide bonds. The van der Waals surface area contributed by atoms with Crippen molar-refractivity contribution in [1.29, 1.82) is 0 Å². The molecule has 4 aliphatic heterocycles. The molecular weight excluding hydrogens is 806 g/mol. The zero-order valence-corrected chi connectivity index (χ0v) is 34.4. The summed E-state index contributed by atoms with van der Waals surface area (Å²) in [5.41, 5.74) is 2.53. The van der Waals surface area contributed by atoms with Crippen LogP contribution in [-0.4, -0.2) is 133 Å². The number of fused-ring (bicyclic) bond motifs is 6. The van der Waals surface area contributed by atoms with Gasteiger partial charge in [-0.05, 0) is 56.5 Å². The van der Waals surface area contributed by atoms with Crippen molar-refractivity contribution in [2.45, 2.75) is 69.5 Å². The molecule has 4 aliphatic rings. The first-order valence-corrected chi connectivity index (χ1v) is 20.8. The van der Waals surface area contributed by atoms with Gasteiger partial charge in [-0.15, -0.1) is 0 Å². The topological polar surface area (TPSA) is 161 Å². The molecule has 4 aromatic heterocycles. The zero-order chi connectivity index (χ0) is 42.8. The number of likely N-dealkylation sites (tertiary alicyclic amines) is 1. The van der Waals surface area contributed by atoms with Gasteiger partial charge in [0.05, 0.1) is 47.6 Å². The summed E-state index contributed by atoms with van der Waals surface area (Å²) in [6.45, 7) is 4.25. The normalized spacial score (nSPS) is 23.0. The van der Waals surface area contributed by atoms with Gasteiger partial charge in [-0.1, -0.05) is 6.07 Å². The van der Waals surface area contributed by atoms with Crippen LogP contribution in [0.1, 0.15) is 32.9 Å². The van der Waals surface area contributed by atoms with Crippen molar-refractivity contribution in [3.05, 3.63) is 78.0 Å². The van der Waals surface area contributed by atoms with E-state index >= 15 is 8.78 Å². The van der Waals surface area contributed by atoms with Crippen molar-refractivity contribution >= 4 is 51.5 Å². The summed E-state index contributed by atoms with van der Waals surface area (Å²) in [5.74, 6) is -0.503. The third kappa shape index (κ3) is 7.21. The van der Waals surface area contributed by atoms with Crippen molar-refractivity contribution in [3.63, 3.8) is 0 Å². The number of nitrogens with one attached hydrogen (secondary N) is 2. The van der Waals surface area contributed by atoms with E-state index in [0.717, 1.165) is 25.0 Å². The fraction of sp³-hybridized carbons (Fsp3) is 0.419. The number of nitrogens with zero attached hydrogens (tertiary/aromatic N) is 10. The molecule has 8 heterocycles. The second-order valence-electron chi connectivity index (χ2n) is 16.5. The van der Waals surface area contributed by atoms with Crippen molar-refractivity contribution in [2.24, 2.45) is 0 Å². The molecule has 0 radical (unpaired) electrons. The molecular formula is C43H47F3N12O4. The maximum absolute atomic E-state index is 15.4. The van der Waals surface area contributed by atoms with Crippen LogP contribution in [0.5, 0.6) is 0 Å². The number of piperidine rings is 1. The lowest BCUT2D eigenvalue weighted by Crippen LogP contribution is -2.51. The number of rotatable bonds is 6. The number of imidazole rings is 1. The van der Waals surface area contributed by atoms with Crippen molar-refractivity contribution in [2.75, 3.05) is 62.5 Å². The molecule has 6 aromatic rings. The number of ether oxygens (including phenoxy) is 2.